The first-order valence-electron chi connectivity index (χ1n) is 7.49. The van der Waals surface area contributed by atoms with Crippen LogP contribution in [0.2, 0.25) is 0 Å². The van der Waals surface area contributed by atoms with Crippen LogP contribution in [0, 0.1) is 12.7 Å². The van der Waals surface area contributed by atoms with Crippen LogP contribution in [0.4, 0.5) is 4.39 Å². The summed E-state index contributed by atoms with van der Waals surface area (Å²) in [5.74, 6) is -0.615. The summed E-state index contributed by atoms with van der Waals surface area (Å²) in [6, 6.07) is 7.67. The van der Waals surface area contributed by atoms with Gasteiger partial charge in [-0.3, -0.25) is 14.3 Å². The molecule has 1 N–H and O–H groups in total. The largest absolute Gasteiger partial charge is 0.350 e. The first-order chi connectivity index (χ1) is 11.5. The van der Waals surface area contributed by atoms with Crippen molar-refractivity contribution in [3.05, 3.63) is 64.0 Å². The van der Waals surface area contributed by atoms with Crippen molar-refractivity contribution in [2.24, 2.45) is 7.05 Å². The molecule has 3 rings (SSSR count). The summed E-state index contributed by atoms with van der Waals surface area (Å²) < 4.78 is 15.7. The van der Waals surface area contributed by atoms with E-state index < -0.39 is 0 Å². The first-order valence-corrected chi connectivity index (χ1v) is 7.49. The van der Waals surface area contributed by atoms with Crippen molar-refractivity contribution in [3.8, 4) is 0 Å². The summed E-state index contributed by atoms with van der Waals surface area (Å²) in [6.07, 6.45) is 1.59. The molecule has 2 aromatic heterocycles. The Hall–Kier alpha value is -2.96. The molecule has 0 saturated carbocycles. The molecule has 1 amide bonds. The van der Waals surface area contributed by atoms with Crippen LogP contribution in [0.1, 0.15) is 11.3 Å². The van der Waals surface area contributed by atoms with E-state index >= 15 is 0 Å². The molecule has 0 aliphatic heterocycles. The zero-order chi connectivity index (χ0) is 17.3. The molecule has 3 aromatic rings. The van der Waals surface area contributed by atoms with Gasteiger partial charge in [0.05, 0.1) is 5.69 Å². The smallest absolute Gasteiger partial charge is 0.277 e. The number of aryl methyl sites for hydroxylation is 2. The SMILES string of the molecule is Cc1nn(C)c2c(=O)n(CC(=O)NCc3ccc(F)cc3)ccc12. The van der Waals surface area contributed by atoms with Crippen LogP contribution in [0.5, 0.6) is 0 Å². The number of benzene rings is 1. The highest BCUT2D eigenvalue weighted by Crippen LogP contribution is 2.12. The highest BCUT2D eigenvalue weighted by Gasteiger charge is 2.12. The molecule has 0 unspecified atom stereocenters. The van der Waals surface area contributed by atoms with Gasteiger partial charge in [0.2, 0.25) is 5.91 Å². The summed E-state index contributed by atoms with van der Waals surface area (Å²) in [5, 5.41) is 7.73. The fourth-order valence-corrected chi connectivity index (χ4v) is 2.63. The third kappa shape index (κ3) is 3.05. The van der Waals surface area contributed by atoms with Gasteiger partial charge >= 0.3 is 0 Å². The van der Waals surface area contributed by atoms with Crippen LogP contribution in [-0.4, -0.2) is 20.3 Å². The van der Waals surface area contributed by atoms with E-state index in [1.165, 1.54) is 21.4 Å². The van der Waals surface area contributed by atoms with Gasteiger partial charge in [-0.2, -0.15) is 5.10 Å². The molecular weight excluding hydrogens is 311 g/mol. The van der Waals surface area contributed by atoms with Crippen LogP contribution < -0.4 is 10.9 Å². The van der Waals surface area contributed by atoms with E-state index in [1.807, 2.05) is 6.92 Å². The molecule has 0 fully saturated rings. The lowest BCUT2D eigenvalue weighted by Gasteiger charge is -2.08. The van der Waals surface area contributed by atoms with Crippen LogP contribution in [-0.2, 0) is 24.9 Å². The first kappa shape index (κ1) is 15.9. The molecule has 0 aliphatic carbocycles. The third-order valence-corrected chi connectivity index (χ3v) is 3.87. The Bertz CT molecular complexity index is 957. The molecule has 24 heavy (non-hydrogen) atoms. The van der Waals surface area contributed by atoms with Crippen LogP contribution >= 0.6 is 0 Å². The fourth-order valence-electron chi connectivity index (χ4n) is 2.63. The molecule has 0 saturated heterocycles. The van der Waals surface area contributed by atoms with Gasteiger partial charge in [-0.15, -0.1) is 0 Å². The zero-order valence-electron chi connectivity index (χ0n) is 13.4. The molecule has 0 atom stereocenters. The lowest BCUT2D eigenvalue weighted by atomic mass is 10.2. The zero-order valence-corrected chi connectivity index (χ0v) is 13.4. The van der Waals surface area contributed by atoms with Crippen molar-refractivity contribution in [2.45, 2.75) is 20.0 Å². The van der Waals surface area contributed by atoms with Crippen molar-refractivity contribution >= 4 is 16.8 Å². The lowest BCUT2D eigenvalue weighted by Crippen LogP contribution is -2.32. The van der Waals surface area contributed by atoms with E-state index in [-0.39, 0.29) is 30.4 Å². The summed E-state index contributed by atoms with van der Waals surface area (Å²) in [7, 11) is 1.70. The van der Waals surface area contributed by atoms with E-state index in [1.54, 1.807) is 31.4 Å². The van der Waals surface area contributed by atoms with Crippen LogP contribution in [0.25, 0.3) is 10.9 Å². The number of pyridine rings is 1. The molecule has 0 aliphatic rings. The molecular formula is C17H17FN4O2. The van der Waals surface area contributed by atoms with Gasteiger partial charge in [-0.25, -0.2) is 4.39 Å². The molecule has 124 valence electrons. The maximum Gasteiger partial charge on any atom is 0.277 e. The average molecular weight is 328 g/mol. The molecule has 0 spiro atoms. The number of carbonyl (C=O) groups excluding carboxylic acids is 1. The number of carbonyl (C=O) groups is 1. The van der Waals surface area contributed by atoms with Crippen molar-refractivity contribution in [1.29, 1.82) is 0 Å². The van der Waals surface area contributed by atoms with Crippen molar-refractivity contribution < 1.29 is 9.18 Å². The topological polar surface area (TPSA) is 68.9 Å². The van der Waals surface area contributed by atoms with Gasteiger partial charge in [0.15, 0.2) is 0 Å². The van der Waals surface area contributed by atoms with E-state index in [4.69, 9.17) is 0 Å². The minimum Gasteiger partial charge on any atom is -0.350 e. The average Bonchev–Trinajstić information content (AvgIpc) is 2.84. The Morgan fingerprint density at radius 2 is 1.96 bits per heavy atom. The van der Waals surface area contributed by atoms with Crippen LogP contribution in [0.3, 0.4) is 0 Å². The van der Waals surface area contributed by atoms with Crippen molar-refractivity contribution in [2.75, 3.05) is 0 Å². The van der Waals surface area contributed by atoms with E-state index in [9.17, 15) is 14.0 Å². The summed E-state index contributed by atoms with van der Waals surface area (Å²) in [6.45, 7) is 2.03. The Morgan fingerprint density at radius 1 is 1.25 bits per heavy atom. The number of aromatic nitrogens is 3. The predicted molar refractivity (Wildman–Crippen MR) is 88.0 cm³/mol. The van der Waals surface area contributed by atoms with Gasteiger partial charge in [0.25, 0.3) is 5.56 Å². The van der Waals surface area contributed by atoms with Crippen LogP contribution in [0.15, 0.2) is 41.3 Å². The highest BCUT2D eigenvalue weighted by molar-refractivity contribution is 5.81. The summed E-state index contributed by atoms with van der Waals surface area (Å²) in [5.41, 5.74) is 1.78. The molecule has 7 heteroatoms. The number of rotatable bonds is 4. The normalized spacial score (nSPS) is 11.0. The number of hydrogen-bond acceptors (Lipinski definition) is 3. The summed E-state index contributed by atoms with van der Waals surface area (Å²) >= 11 is 0. The predicted octanol–water partition coefficient (Wildman–Crippen LogP) is 1.50. The summed E-state index contributed by atoms with van der Waals surface area (Å²) in [4.78, 5) is 24.6. The Labute approximate surface area is 137 Å². The van der Waals surface area contributed by atoms with Crippen molar-refractivity contribution in [3.63, 3.8) is 0 Å². The minimum atomic E-state index is -0.323. The quantitative estimate of drug-likeness (QED) is 0.789. The van der Waals surface area contributed by atoms with Gasteiger partial charge in [0, 0.05) is 25.2 Å². The third-order valence-electron chi connectivity index (χ3n) is 3.87. The van der Waals surface area contributed by atoms with E-state index in [0.717, 1.165) is 16.6 Å². The molecule has 0 radical (unpaired) electrons. The fraction of sp³-hybridized carbons (Fsp3) is 0.235. The van der Waals surface area contributed by atoms with E-state index in [0.29, 0.717) is 5.52 Å². The maximum absolute atomic E-state index is 12.8. The second-order valence-corrected chi connectivity index (χ2v) is 5.62. The lowest BCUT2D eigenvalue weighted by molar-refractivity contribution is -0.121. The number of fused-ring (bicyclic) bond motifs is 1. The Morgan fingerprint density at radius 3 is 2.67 bits per heavy atom. The molecule has 6 nitrogen and oxygen atoms in total. The molecule has 1 aromatic carbocycles. The number of nitrogens with one attached hydrogen (secondary N) is 1. The number of halogens is 1. The van der Waals surface area contributed by atoms with Gasteiger partial charge in [-0.05, 0) is 30.7 Å². The molecule has 0 bridgehead atoms. The molecule has 2 heterocycles. The monoisotopic (exact) mass is 328 g/mol. The second-order valence-electron chi connectivity index (χ2n) is 5.62. The number of nitrogens with zero attached hydrogens (tertiary/aromatic N) is 3. The van der Waals surface area contributed by atoms with Crippen molar-refractivity contribution in [1.82, 2.24) is 19.7 Å². The number of amides is 1. The second kappa shape index (κ2) is 6.27. The van der Waals surface area contributed by atoms with Gasteiger partial charge < -0.3 is 9.88 Å². The van der Waals surface area contributed by atoms with Gasteiger partial charge in [-0.1, -0.05) is 12.1 Å². The van der Waals surface area contributed by atoms with Gasteiger partial charge in [0.1, 0.15) is 17.9 Å². The highest BCUT2D eigenvalue weighted by atomic mass is 19.1. The standard InChI is InChI=1S/C17H17FN4O2/c1-11-14-7-8-22(17(24)16(14)21(2)20-11)10-15(23)19-9-12-3-5-13(18)6-4-12/h3-8H,9-10H2,1-2H3,(H,19,23). The minimum absolute atomic E-state index is 0.0831. The number of hydrogen-bond donors (Lipinski definition) is 1. The van der Waals surface area contributed by atoms with E-state index in [2.05, 4.69) is 10.4 Å². The Kier molecular flexibility index (Phi) is 4.16. The Balaban J connectivity index is 1.73. The maximum atomic E-state index is 12.8.